The van der Waals surface area contributed by atoms with Crippen molar-refractivity contribution in [2.24, 2.45) is 0 Å². The molecule has 0 aliphatic carbocycles. The first kappa shape index (κ1) is 19.2. The van der Waals surface area contributed by atoms with Gasteiger partial charge in [0.15, 0.2) is 0 Å². The highest BCUT2D eigenvalue weighted by molar-refractivity contribution is 5.74. The molecule has 0 radical (unpaired) electrons. The molecule has 0 amide bonds. The van der Waals surface area contributed by atoms with Crippen LogP contribution >= 0.6 is 0 Å². The maximum absolute atomic E-state index is 11.1. The Hall–Kier alpha value is -4.16. The van der Waals surface area contributed by atoms with E-state index < -0.39 is 42.4 Å². The van der Waals surface area contributed by atoms with Crippen LogP contribution in [-0.4, -0.2) is 19.7 Å². The normalized spacial score (nSPS) is 10.3. The Morgan fingerprint density at radius 1 is 0.667 bits per heavy atom. The molecule has 0 saturated carbocycles. The Labute approximate surface area is 149 Å². The second-order valence-electron chi connectivity index (χ2n) is 5.43. The smallest absolute Gasteiger partial charge is 0.281 e. The maximum atomic E-state index is 11.1. The van der Waals surface area contributed by atoms with E-state index in [1.807, 2.05) is 0 Å². The Kier molecular flexibility index (Phi) is 4.96. The fourth-order valence-electron chi connectivity index (χ4n) is 2.40. The zero-order valence-corrected chi connectivity index (χ0v) is 13.9. The van der Waals surface area contributed by atoms with Gasteiger partial charge in [-0.2, -0.15) is 0 Å². The first-order valence-corrected chi connectivity index (χ1v) is 7.16. The van der Waals surface area contributed by atoms with Gasteiger partial charge in [-0.3, -0.25) is 40.5 Å². The molecule has 1 N–H and O–H groups in total. The standard InChI is InChI=1S/C14H11N5O8/c1-7-11(5-10(16(20)21)6-14(7)19(26)27)15-9-3-12(17(22)23)8(2)13(4-9)18(24)25/h3-6,15H,1-2H3. The Morgan fingerprint density at radius 2 is 1.11 bits per heavy atom. The largest absolute Gasteiger partial charge is 0.354 e. The molecule has 2 rings (SSSR count). The van der Waals surface area contributed by atoms with Gasteiger partial charge in [-0.15, -0.1) is 0 Å². The molecule has 2 aromatic rings. The van der Waals surface area contributed by atoms with Gasteiger partial charge in [0, 0.05) is 18.2 Å². The van der Waals surface area contributed by atoms with Crippen LogP contribution in [-0.2, 0) is 0 Å². The van der Waals surface area contributed by atoms with Gasteiger partial charge in [0.2, 0.25) is 0 Å². The SMILES string of the molecule is Cc1c(Nc2cc([N+](=O)[O-])c(C)c([N+](=O)[O-])c2)cc([N+](=O)[O-])cc1[N+](=O)[O-]. The molecule has 0 spiro atoms. The molecule has 2 aromatic carbocycles. The lowest BCUT2D eigenvalue weighted by Crippen LogP contribution is -2.03. The van der Waals surface area contributed by atoms with Crippen LogP contribution in [0.5, 0.6) is 0 Å². The molecule has 0 bridgehead atoms. The van der Waals surface area contributed by atoms with Gasteiger partial charge < -0.3 is 5.32 Å². The van der Waals surface area contributed by atoms with Crippen LogP contribution in [0.3, 0.4) is 0 Å². The minimum Gasteiger partial charge on any atom is -0.354 e. The average molecular weight is 377 g/mol. The molecule has 0 fully saturated rings. The van der Waals surface area contributed by atoms with E-state index in [1.54, 1.807) is 0 Å². The minimum absolute atomic E-state index is 0.0245. The Bertz CT molecular complexity index is 968. The summed E-state index contributed by atoms with van der Waals surface area (Å²) in [6.45, 7) is 2.53. The number of hydrogen-bond acceptors (Lipinski definition) is 9. The van der Waals surface area contributed by atoms with E-state index in [0.717, 1.165) is 24.3 Å². The van der Waals surface area contributed by atoms with Gasteiger partial charge in [-0.25, -0.2) is 0 Å². The maximum Gasteiger partial charge on any atom is 0.281 e. The highest BCUT2D eigenvalue weighted by Gasteiger charge is 2.25. The number of benzene rings is 2. The highest BCUT2D eigenvalue weighted by Crippen LogP contribution is 2.36. The van der Waals surface area contributed by atoms with E-state index in [4.69, 9.17) is 0 Å². The quantitative estimate of drug-likeness (QED) is 0.579. The van der Waals surface area contributed by atoms with Crippen molar-refractivity contribution in [3.63, 3.8) is 0 Å². The molecule has 0 heterocycles. The summed E-state index contributed by atoms with van der Waals surface area (Å²) in [5, 5.41) is 46.9. The van der Waals surface area contributed by atoms with Gasteiger partial charge in [-0.1, -0.05) is 0 Å². The van der Waals surface area contributed by atoms with E-state index in [2.05, 4.69) is 5.32 Å². The number of nitro benzene ring substituents is 4. The molecule has 27 heavy (non-hydrogen) atoms. The Morgan fingerprint density at radius 3 is 1.52 bits per heavy atom. The van der Waals surface area contributed by atoms with E-state index in [1.165, 1.54) is 13.8 Å². The van der Waals surface area contributed by atoms with Crippen molar-refractivity contribution in [1.82, 2.24) is 0 Å². The summed E-state index contributed by atoms with van der Waals surface area (Å²) in [4.78, 5) is 41.1. The van der Waals surface area contributed by atoms with Crippen LogP contribution in [0.4, 0.5) is 34.1 Å². The van der Waals surface area contributed by atoms with Crippen molar-refractivity contribution in [2.75, 3.05) is 5.32 Å². The topological polar surface area (TPSA) is 185 Å². The van der Waals surface area contributed by atoms with E-state index in [9.17, 15) is 40.5 Å². The molecule has 0 aromatic heterocycles. The van der Waals surface area contributed by atoms with Gasteiger partial charge in [0.25, 0.3) is 22.7 Å². The first-order valence-electron chi connectivity index (χ1n) is 7.16. The second-order valence-corrected chi connectivity index (χ2v) is 5.43. The number of nitro groups is 4. The lowest BCUT2D eigenvalue weighted by molar-refractivity contribution is -0.395. The molecule has 0 unspecified atom stereocenters. The van der Waals surface area contributed by atoms with Crippen molar-refractivity contribution < 1.29 is 19.7 Å². The molecule has 140 valence electrons. The van der Waals surface area contributed by atoms with E-state index in [0.29, 0.717) is 0 Å². The van der Waals surface area contributed by atoms with Crippen LogP contribution in [0.1, 0.15) is 11.1 Å². The van der Waals surface area contributed by atoms with Crippen LogP contribution in [0.15, 0.2) is 24.3 Å². The molecule has 0 saturated heterocycles. The summed E-state index contributed by atoms with van der Waals surface area (Å²) in [6, 6.07) is 3.79. The summed E-state index contributed by atoms with van der Waals surface area (Å²) in [5.41, 5.74) is -2.53. The summed E-state index contributed by atoms with van der Waals surface area (Å²) in [7, 11) is 0. The van der Waals surface area contributed by atoms with Gasteiger partial charge in [0.05, 0.1) is 42.7 Å². The molecular formula is C14H11N5O8. The number of non-ortho nitro benzene ring substituents is 1. The summed E-state index contributed by atoms with van der Waals surface area (Å²) in [5.74, 6) is 0. The van der Waals surface area contributed by atoms with Crippen LogP contribution in [0.2, 0.25) is 0 Å². The second kappa shape index (κ2) is 6.99. The number of nitrogens with one attached hydrogen (secondary N) is 1. The molecule has 13 nitrogen and oxygen atoms in total. The molecule has 13 heteroatoms. The summed E-state index contributed by atoms with van der Waals surface area (Å²) >= 11 is 0. The van der Waals surface area contributed by atoms with Gasteiger partial charge in [-0.05, 0) is 13.8 Å². The number of rotatable bonds is 6. The van der Waals surface area contributed by atoms with Crippen molar-refractivity contribution >= 4 is 34.1 Å². The fourth-order valence-corrected chi connectivity index (χ4v) is 2.40. The number of hydrogen-bond donors (Lipinski definition) is 1. The predicted molar refractivity (Wildman–Crippen MR) is 92.3 cm³/mol. The Balaban J connectivity index is 2.66. The van der Waals surface area contributed by atoms with Crippen molar-refractivity contribution in [2.45, 2.75) is 13.8 Å². The number of nitrogens with zero attached hydrogens (tertiary/aromatic N) is 4. The molecule has 0 aliphatic rings. The van der Waals surface area contributed by atoms with Crippen LogP contribution in [0, 0.1) is 54.3 Å². The minimum atomic E-state index is -0.836. The molecule has 0 aliphatic heterocycles. The van der Waals surface area contributed by atoms with E-state index in [-0.39, 0.29) is 22.5 Å². The van der Waals surface area contributed by atoms with Crippen molar-refractivity contribution in [3.05, 3.63) is 75.8 Å². The zero-order valence-electron chi connectivity index (χ0n) is 13.9. The van der Waals surface area contributed by atoms with Gasteiger partial charge >= 0.3 is 0 Å². The lowest BCUT2D eigenvalue weighted by atomic mass is 10.1. The van der Waals surface area contributed by atoms with Crippen molar-refractivity contribution in [3.8, 4) is 0 Å². The van der Waals surface area contributed by atoms with Gasteiger partial charge in [0.1, 0.15) is 5.56 Å². The van der Waals surface area contributed by atoms with Crippen molar-refractivity contribution in [1.29, 1.82) is 0 Å². The highest BCUT2D eigenvalue weighted by atomic mass is 16.6. The predicted octanol–water partition coefficient (Wildman–Crippen LogP) is 3.68. The third-order valence-electron chi connectivity index (χ3n) is 3.80. The lowest BCUT2D eigenvalue weighted by Gasteiger charge is -2.11. The summed E-state index contributed by atoms with van der Waals surface area (Å²) < 4.78 is 0. The third-order valence-corrected chi connectivity index (χ3v) is 3.80. The monoisotopic (exact) mass is 377 g/mol. The van der Waals surface area contributed by atoms with E-state index >= 15 is 0 Å². The number of anilines is 2. The summed E-state index contributed by atoms with van der Waals surface area (Å²) in [6.07, 6.45) is 0. The molecule has 0 atom stereocenters. The fraction of sp³-hybridized carbons (Fsp3) is 0.143. The third kappa shape index (κ3) is 3.76. The first-order chi connectivity index (χ1) is 12.5. The van der Waals surface area contributed by atoms with Crippen LogP contribution in [0.25, 0.3) is 0 Å². The average Bonchev–Trinajstić information content (AvgIpc) is 2.56. The zero-order chi connectivity index (χ0) is 20.5. The van der Waals surface area contributed by atoms with Crippen LogP contribution < -0.4 is 5.32 Å². The molecular weight excluding hydrogens is 366 g/mol.